The number of hydrogen-bond donors (Lipinski definition) is 1. The lowest BCUT2D eigenvalue weighted by Crippen LogP contribution is -2.16. The molecule has 0 spiro atoms. The van der Waals surface area contributed by atoms with Crippen LogP contribution in [-0.4, -0.2) is 32.2 Å². The van der Waals surface area contributed by atoms with Crippen LogP contribution in [0.4, 0.5) is 5.00 Å². The fourth-order valence-electron chi connectivity index (χ4n) is 2.87. The Balaban J connectivity index is 2.28. The molecular formula is C24H28N2O5S. The highest BCUT2D eigenvalue weighted by Crippen LogP contribution is 2.34. The summed E-state index contributed by atoms with van der Waals surface area (Å²) < 4.78 is 16.2. The number of ether oxygens (including phenoxy) is 3. The number of carbonyl (C=O) groups is 2. The van der Waals surface area contributed by atoms with Crippen molar-refractivity contribution in [3.05, 3.63) is 45.3 Å². The van der Waals surface area contributed by atoms with Crippen molar-refractivity contribution < 1.29 is 23.8 Å². The lowest BCUT2D eigenvalue weighted by Gasteiger charge is -2.11. The molecule has 0 saturated heterocycles. The molecule has 1 aromatic heterocycles. The number of nitrogens with zero attached hydrogens (tertiary/aromatic N) is 1. The molecule has 32 heavy (non-hydrogen) atoms. The largest absolute Gasteiger partial charge is 0.493 e. The van der Waals surface area contributed by atoms with Crippen LogP contribution in [0.2, 0.25) is 0 Å². The van der Waals surface area contributed by atoms with E-state index >= 15 is 0 Å². The van der Waals surface area contributed by atoms with Crippen molar-refractivity contribution in [2.45, 2.75) is 40.5 Å². The van der Waals surface area contributed by atoms with Crippen LogP contribution in [0, 0.1) is 25.2 Å². The number of nitriles is 1. The number of carbonyl (C=O) groups excluding carboxylic acids is 2. The first-order valence-corrected chi connectivity index (χ1v) is 11.2. The summed E-state index contributed by atoms with van der Waals surface area (Å²) in [5.74, 6) is 0.00315. The van der Waals surface area contributed by atoms with Crippen molar-refractivity contribution in [2.24, 2.45) is 0 Å². The molecule has 0 aliphatic carbocycles. The van der Waals surface area contributed by atoms with Crippen molar-refractivity contribution >= 4 is 34.3 Å². The summed E-state index contributed by atoms with van der Waals surface area (Å²) in [5, 5.41) is 12.6. The predicted octanol–water partition coefficient (Wildman–Crippen LogP) is 5.27. The van der Waals surface area contributed by atoms with Crippen LogP contribution in [0.1, 0.15) is 53.1 Å². The van der Waals surface area contributed by atoms with E-state index in [1.807, 2.05) is 13.0 Å². The number of esters is 1. The van der Waals surface area contributed by atoms with Crippen LogP contribution in [0.15, 0.2) is 23.8 Å². The summed E-state index contributed by atoms with van der Waals surface area (Å²) in [6, 6.07) is 7.13. The van der Waals surface area contributed by atoms with Gasteiger partial charge < -0.3 is 19.5 Å². The quantitative estimate of drug-likeness (QED) is 0.226. The van der Waals surface area contributed by atoms with E-state index < -0.39 is 11.9 Å². The second-order valence-electron chi connectivity index (χ2n) is 6.94. The Morgan fingerprint density at radius 1 is 1.22 bits per heavy atom. The van der Waals surface area contributed by atoms with E-state index in [0.717, 1.165) is 23.3 Å². The Labute approximate surface area is 192 Å². The van der Waals surface area contributed by atoms with E-state index in [1.54, 1.807) is 32.0 Å². The number of unbranched alkanes of at least 4 members (excludes halogenated alkanes) is 1. The number of rotatable bonds is 10. The maximum Gasteiger partial charge on any atom is 0.341 e. The van der Waals surface area contributed by atoms with Gasteiger partial charge in [-0.05, 0) is 56.5 Å². The molecule has 0 atom stereocenters. The third-order valence-corrected chi connectivity index (χ3v) is 5.83. The minimum absolute atomic E-state index is 0.106. The van der Waals surface area contributed by atoms with Gasteiger partial charge in [-0.3, -0.25) is 4.79 Å². The Morgan fingerprint density at radius 3 is 2.59 bits per heavy atom. The number of anilines is 1. The van der Waals surface area contributed by atoms with E-state index in [4.69, 9.17) is 14.2 Å². The number of hydrogen-bond acceptors (Lipinski definition) is 7. The molecular weight excluding hydrogens is 428 g/mol. The summed E-state index contributed by atoms with van der Waals surface area (Å²) in [6.07, 6.45) is 3.41. The Kier molecular flexibility index (Phi) is 9.29. The van der Waals surface area contributed by atoms with Crippen molar-refractivity contribution in [3.63, 3.8) is 0 Å². The van der Waals surface area contributed by atoms with E-state index in [9.17, 15) is 14.9 Å². The summed E-state index contributed by atoms with van der Waals surface area (Å²) in [7, 11) is 1.53. The number of methoxy groups -OCH3 is 1. The van der Waals surface area contributed by atoms with E-state index in [1.165, 1.54) is 24.5 Å². The van der Waals surface area contributed by atoms with Gasteiger partial charge in [0.2, 0.25) is 0 Å². The van der Waals surface area contributed by atoms with Gasteiger partial charge >= 0.3 is 5.97 Å². The third-order valence-electron chi connectivity index (χ3n) is 4.71. The molecule has 0 fully saturated rings. The SMILES string of the molecule is CCCCOc1ccc(/C=C(\C#N)C(=O)Nc2sc(C)c(C)c2C(=O)OCC)cc1OC. The van der Waals surface area contributed by atoms with Gasteiger partial charge in [0.15, 0.2) is 11.5 Å². The molecule has 0 bridgehead atoms. The van der Waals surface area contributed by atoms with Crippen LogP contribution in [0.25, 0.3) is 6.08 Å². The van der Waals surface area contributed by atoms with Gasteiger partial charge in [-0.15, -0.1) is 11.3 Å². The number of benzene rings is 1. The summed E-state index contributed by atoms with van der Waals surface area (Å²) in [4.78, 5) is 26.0. The molecule has 0 aliphatic rings. The van der Waals surface area contributed by atoms with Crippen LogP contribution in [0.5, 0.6) is 11.5 Å². The van der Waals surface area contributed by atoms with Crippen molar-refractivity contribution in [3.8, 4) is 17.6 Å². The molecule has 8 heteroatoms. The first-order valence-electron chi connectivity index (χ1n) is 10.4. The van der Waals surface area contributed by atoms with Gasteiger partial charge in [-0.25, -0.2) is 4.79 Å². The standard InChI is InChI=1S/C24H28N2O5S/c1-6-8-11-31-19-10-9-17(13-20(19)29-5)12-18(14-25)22(27)26-23-21(24(28)30-7-2)15(3)16(4)32-23/h9-10,12-13H,6-8,11H2,1-5H3,(H,26,27)/b18-12+. The highest BCUT2D eigenvalue weighted by Gasteiger charge is 2.23. The van der Waals surface area contributed by atoms with Crippen LogP contribution in [0.3, 0.4) is 0 Å². The van der Waals surface area contributed by atoms with E-state index in [-0.39, 0.29) is 12.2 Å². The van der Waals surface area contributed by atoms with Gasteiger partial charge in [-0.1, -0.05) is 19.4 Å². The molecule has 170 valence electrons. The fourth-order valence-corrected chi connectivity index (χ4v) is 3.91. The molecule has 0 saturated carbocycles. The zero-order valence-corrected chi connectivity index (χ0v) is 19.9. The molecule has 1 aromatic carbocycles. The average Bonchev–Trinajstić information content (AvgIpc) is 3.05. The van der Waals surface area contributed by atoms with Crippen LogP contribution < -0.4 is 14.8 Å². The van der Waals surface area contributed by atoms with Crippen LogP contribution in [-0.2, 0) is 9.53 Å². The lowest BCUT2D eigenvalue weighted by molar-refractivity contribution is -0.112. The minimum atomic E-state index is -0.610. The molecule has 2 aromatic rings. The molecule has 1 amide bonds. The van der Waals surface area contributed by atoms with Gasteiger partial charge in [0, 0.05) is 4.88 Å². The first-order chi connectivity index (χ1) is 15.4. The molecule has 2 rings (SSSR count). The molecule has 7 nitrogen and oxygen atoms in total. The van der Waals surface area contributed by atoms with Crippen molar-refractivity contribution in [1.29, 1.82) is 5.26 Å². The van der Waals surface area contributed by atoms with Gasteiger partial charge in [0.05, 0.1) is 25.9 Å². The van der Waals surface area contributed by atoms with Crippen LogP contribution >= 0.6 is 11.3 Å². The number of aryl methyl sites for hydroxylation is 1. The third kappa shape index (κ3) is 6.11. The predicted molar refractivity (Wildman–Crippen MR) is 125 cm³/mol. The van der Waals surface area contributed by atoms with Gasteiger partial charge in [0.25, 0.3) is 5.91 Å². The second-order valence-corrected chi connectivity index (χ2v) is 8.17. The molecule has 0 unspecified atom stereocenters. The van der Waals surface area contributed by atoms with E-state index in [2.05, 4.69) is 12.2 Å². The maximum absolute atomic E-state index is 12.8. The molecule has 1 heterocycles. The summed E-state index contributed by atoms with van der Waals surface area (Å²) in [5.41, 5.74) is 1.57. The average molecular weight is 457 g/mol. The van der Waals surface area contributed by atoms with Crippen molar-refractivity contribution in [1.82, 2.24) is 0 Å². The highest BCUT2D eigenvalue weighted by molar-refractivity contribution is 7.16. The maximum atomic E-state index is 12.8. The number of amides is 1. The summed E-state index contributed by atoms with van der Waals surface area (Å²) in [6.45, 7) is 8.26. The second kappa shape index (κ2) is 11.9. The molecule has 0 aliphatic heterocycles. The normalized spacial score (nSPS) is 10.9. The zero-order valence-electron chi connectivity index (χ0n) is 19.0. The number of thiophene rings is 1. The molecule has 1 N–H and O–H groups in total. The smallest absolute Gasteiger partial charge is 0.341 e. The fraction of sp³-hybridized carbons (Fsp3) is 0.375. The Morgan fingerprint density at radius 2 is 1.97 bits per heavy atom. The topological polar surface area (TPSA) is 97.7 Å². The Bertz CT molecular complexity index is 1050. The minimum Gasteiger partial charge on any atom is -0.493 e. The van der Waals surface area contributed by atoms with Gasteiger partial charge in [0.1, 0.15) is 16.6 Å². The first kappa shape index (κ1) is 25.0. The lowest BCUT2D eigenvalue weighted by atomic mass is 10.1. The van der Waals surface area contributed by atoms with E-state index in [0.29, 0.717) is 34.2 Å². The van der Waals surface area contributed by atoms with Gasteiger partial charge in [-0.2, -0.15) is 5.26 Å². The number of nitrogens with one attached hydrogen (secondary N) is 1. The monoisotopic (exact) mass is 456 g/mol. The summed E-state index contributed by atoms with van der Waals surface area (Å²) >= 11 is 1.27. The van der Waals surface area contributed by atoms with Crippen molar-refractivity contribution in [2.75, 3.05) is 25.6 Å². The zero-order chi connectivity index (χ0) is 23.7. The highest BCUT2D eigenvalue weighted by atomic mass is 32.1. The Hall–Kier alpha value is -3.31. The molecule has 0 radical (unpaired) electrons.